The van der Waals surface area contributed by atoms with E-state index in [9.17, 15) is 4.79 Å². The molecule has 3 rings (SSSR count). The lowest BCUT2D eigenvalue weighted by molar-refractivity contribution is -0.153. The van der Waals surface area contributed by atoms with E-state index < -0.39 is 5.60 Å². The summed E-state index contributed by atoms with van der Waals surface area (Å²) >= 11 is 0. The van der Waals surface area contributed by atoms with E-state index in [1.54, 1.807) is 12.1 Å². The van der Waals surface area contributed by atoms with E-state index in [1.165, 1.54) is 6.92 Å². The number of carbonyl (C=O) groups is 1. The van der Waals surface area contributed by atoms with E-state index in [2.05, 4.69) is 11.4 Å². The highest BCUT2D eigenvalue weighted by atomic mass is 16.6. The number of hydrogen-bond acceptors (Lipinski definition) is 4. The van der Waals surface area contributed by atoms with Gasteiger partial charge in [-0.1, -0.05) is 36.4 Å². The molecule has 4 heteroatoms. The summed E-state index contributed by atoms with van der Waals surface area (Å²) in [5.41, 5.74) is 3.72. The summed E-state index contributed by atoms with van der Waals surface area (Å²) in [6, 6.07) is 17.4. The Morgan fingerprint density at radius 2 is 1.88 bits per heavy atom. The van der Waals surface area contributed by atoms with Crippen LogP contribution < -0.4 is 5.32 Å². The van der Waals surface area contributed by atoms with E-state index in [0.717, 1.165) is 22.3 Å². The normalized spacial score (nSPS) is 15.1. The molecule has 1 aliphatic rings. The van der Waals surface area contributed by atoms with Crippen molar-refractivity contribution in [1.82, 2.24) is 5.32 Å². The highest BCUT2D eigenvalue weighted by molar-refractivity contribution is 5.73. The quantitative estimate of drug-likeness (QED) is 0.877. The Morgan fingerprint density at radius 1 is 1.21 bits per heavy atom. The van der Waals surface area contributed by atoms with Gasteiger partial charge >= 0.3 is 5.97 Å². The minimum Gasteiger partial charge on any atom is -0.450 e. The van der Waals surface area contributed by atoms with E-state index in [4.69, 9.17) is 10.00 Å². The van der Waals surface area contributed by atoms with Crippen LogP contribution >= 0.6 is 0 Å². The van der Waals surface area contributed by atoms with Crippen molar-refractivity contribution in [3.8, 4) is 17.2 Å². The average molecular weight is 318 g/mol. The number of benzene rings is 2. The van der Waals surface area contributed by atoms with E-state index >= 15 is 0 Å². The van der Waals surface area contributed by atoms with Gasteiger partial charge in [-0.3, -0.25) is 4.79 Å². The van der Waals surface area contributed by atoms with Crippen molar-refractivity contribution in [1.29, 1.82) is 5.26 Å². The van der Waals surface area contributed by atoms with Gasteiger partial charge in [0.25, 0.3) is 0 Å². The van der Waals surface area contributed by atoms with Crippen LogP contribution in [0.3, 0.4) is 0 Å². The number of nitriles is 1. The summed E-state index contributed by atoms with van der Waals surface area (Å²) in [7, 11) is 0. The zero-order chi connectivity index (χ0) is 17.2. The average Bonchev–Trinajstić information content (AvgIpc) is 2.52. The van der Waals surface area contributed by atoms with Gasteiger partial charge in [-0.2, -0.15) is 5.26 Å². The molecular weight excluding hydrogens is 300 g/mol. The van der Waals surface area contributed by atoms with Gasteiger partial charge in [0.05, 0.1) is 11.6 Å². The van der Waals surface area contributed by atoms with Crippen LogP contribution in [0.15, 0.2) is 60.3 Å². The number of carbonyl (C=O) groups excluding carboxylic acids is 1. The van der Waals surface area contributed by atoms with Crippen LogP contribution in [-0.2, 0) is 15.1 Å². The Hall–Kier alpha value is -3.06. The van der Waals surface area contributed by atoms with Crippen molar-refractivity contribution >= 4 is 5.97 Å². The first kappa shape index (κ1) is 15.8. The zero-order valence-corrected chi connectivity index (χ0v) is 13.7. The molecule has 1 heterocycles. The number of ether oxygens (including phenoxy) is 1. The molecule has 24 heavy (non-hydrogen) atoms. The molecule has 0 saturated heterocycles. The van der Waals surface area contributed by atoms with Crippen molar-refractivity contribution in [2.24, 2.45) is 0 Å². The van der Waals surface area contributed by atoms with Gasteiger partial charge in [0, 0.05) is 30.8 Å². The number of hydrogen-bond donors (Lipinski definition) is 1. The smallest absolute Gasteiger partial charge is 0.303 e. The molecule has 4 nitrogen and oxygen atoms in total. The number of esters is 1. The van der Waals surface area contributed by atoms with Crippen LogP contribution in [0.25, 0.3) is 11.1 Å². The van der Waals surface area contributed by atoms with Crippen LogP contribution in [0.2, 0.25) is 0 Å². The predicted molar refractivity (Wildman–Crippen MR) is 91.8 cm³/mol. The van der Waals surface area contributed by atoms with Gasteiger partial charge in [0.2, 0.25) is 0 Å². The molecule has 0 fully saturated rings. The Balaban J connectivity index is 2.13. The number of nitrogens with one attached hydrogen (secondary N) is 1. The summed E-state index contributed by atoms with van der Waals surface area (Å²) in [6.45, 7) is 4.03. The van der Waals surface area contributed by atoms with Crippen molar-refractivity contribution < 1.29 is 9.53 Å². The Kier molecular flexibility index (Phi) is 4.09. The van der Waals surface area contributed by atoms with Crippen molar-refractivity contribution in [2.45, 2.75) is 19.4 Å². The minimum atomic E-state index is -0.818. The number of rotatable bonds is 4. The standard InChI is InChI=1S/C20H18N2O2/c1-14(23)24-20(2,17-12-22-13-17)19-6-4-3-5-18(19)16-9-7-15(11-21)8-10-16/h3-10,12,22H,13H2,1-2H3/t20-/m1/s1. The van der Waals surface area contributed by atoms with Gasteiger partial charge < -0.3 is 10.1 Å². The summed E-state index contributed by atoms with van der Waals surface area (Å²) in [5.74, 6) is -0.320. The van der Waals surface area contributed by atoms with Crippen LogP contribution in [0, 0.1) is 11.3 Å². The van der Waals surface area contributed by atoms with Gasteiger partial charge in [0.15, 0.2) is 5.60 Å². The van der Waals surface area contributed by atoms with Crippen molar-refractivity contribution in [3.05, 3.63) is 71.4 Å². The SMILES string of the molecule is CC(=O)O[C@](C)(C1=CNC1)c1ccccc1-c1ccc(C#N)cc1. The highest BCUT2D eigenvalue weighted by Gasteiger charge is 2.38. The first-order chi connectivity index (χ1) is 11.5. The molecule has 0 amide bonds. The molecule has 0 aromatic heterocycles. The zero-order valence-electron chi connectivity index (χ0n) is 13.7. The fourth-order valence-electron chi connectivity index (χ4n) is 2.97. The largest absolute Gasteiger partial charge is 0.450 e. The second-order valence-corrected chi connectivity index (χ2v) is 5.91. The topological polar surface area (TPSA) is 62.1 Å². The molecule has 2 aromatic carbocycles. The van der Waals surface area contributed by atoms with E-state index in [1.807, 2.05) is 49.5 Å². The van der Waals surface area contributed by atoms with Gasteiger partial charge in [-0.25, -0.2) is 0 Å². The molecule has 0 spiro atoms. The van der Waals surface area contributed by atoms with Crippen molar-refractivity contribution in [3.63, 3.8) is 0 Å². The summed E-state index contributed by atoms with van der Waals surface area (Å²) < 4.78 is 5.74. The molecule has 1 aliphatic heterocycles. The summed E-state index contributed by atoms with van der Waals surface area (Å²) in [6.07, 6.45) is 1.89. The molecule has 1 N–H and O–H groups in total. The third-order valence-electron chi connectivity index (χ3n) is 4.30. The highest BCUT2D eigenvalue weighted by Crippen LogP contribution is 2.40. The maximum atomic E-state index is 11.7. The second kappa shape index (κ2) is 6.21. The van der Waals surface area contributed by atoms with Crippen LogP contribution in [0.1, 0.15) is 25.0 Å². The van der Waals surface area contributed by atoms with Crippen molar-refractivity contribution in [2.75, 3.05) is 6.54 Å². The molecule has 120 valence electrons. The Morgan fingerprint density at radius 3 is 2.42 bits per heavy atom. The lowest BCUT2D eigenvalue weighted by Gasteiger charge is -2.37. The number of nitrogens with zero attached hydrogens (tertiary/aromatic N) is 1. The van der Waals surface area contributed by atoms with Gasteiger partial charge in [0.1, 0.15) is 0 Å². The molecule has 0 aliphatic carbocycles. The first-order valence-electron chi connectivity index (χ1n) is 7.77. The maximum absolute atomic E-state index is 11.7. The molecule has 0 unspecified atom stereocenters. The molecular formula is C20H18N2O2. The lowest BCUT2D eigenvalue weighted by Crippen LogP contribution is -2.40. The molecule has 1 atom stereocenters. The predicted octanol–water partition coefficient (Wildman–Crippen LogP) is 3.49. The third kappa shape index (κ3) is 2.77. The molecule has 0 bridgehead atoms. The van der Waals surface area contributed by atoms with Crippen LogP contribution in [0.5, 0.6) is 0 Å². The van der Waals surface area contributed by atoms with Gasteiger partial charge in [-0.15, -0.1) is 0 Å². The molecule has 0 radical (unpaired) electrons. The van der Waals surface area contributed by atoms with Gasteiger partial charge in [-0.05, 0) is 30.2 Å². The summed E-state index contributed by atoms with van der Waals surface area (Å²) in [4.78, 5) is 11.7. The Bertz CT molecular complexity index is 847. The minimum absolute atomic E-state index is 0.320. The van der Waals surface area contributed by atoms with Crippen LogP contribution in [-0.4, -0.2) is 12.5 Å². The monoisotopic (exact) mass is 318 g/mol. The second-order valence-electron chi connectivity index (χ2n) is 5.91. The fourth-order valence-corrected chi connectivity index (χ4v) is 2.97. The molecule has 2 aromatic rings. The van der Waals surface area contributed by atoms with E-state index in [-0.39, 0.29) is 5.97 Å². The van der Waals surface area contributed by atoms with E-state index in [0.29, 0.717) is 12.1 Å². The third-order valence-corrected chi connectivity index (χ3v) is 4.30. The summed E-state index contributed by atoms with van der Waals surface area (Å²) in [5, 5.41) is 12.1. The first-order valence-corrected chi connectivity index (χ1v) is 7.77. The van der Waals surface area contributed by atoms with Crippen LogP contribution in [0.4, 0.5) is 0 Å². The Labute approximate surface area is 141 Å². The fraction of sp³-hybridized carbons (Fsp3) is 0.200. The lowest BCUT2D eigenvalue weighted by atomic mass is 9.81. The molecule has 0 saturated carbocycles. The maximum Gasteiger partial charge on any atom is 0.303 e.